The normalized spacial score (nSPS) is 18.9. The van der Waals surface area contributed by atoms with E-state index in [1.807, 2.05) is 12.1 Å². The molecule has 3 rings (SSSR count). The van der Waals surface area contributed by atoms with Crippen LogP contribution in [0.5, 0.6) is 0 Å². The van der Waals surface area contributed by atoms with Gasteiger partial charge in [0.25, 0.3) is 0 Å². The smallest absolute Gasteiger partial charge is 0.203 e. The number of nitrogens with zero attached hydrogens (tertiary/aromatic N) is 3. The summed E-state index contributed by atoms with van der Waals surface area (Å²) < 4.78 is 5.40. The van der Waals surface area contributed by atoms with Crippen LogP contribution in [0.25, 0.3) is 0 Å². The Kier molecular flexibility index (Phi) is 4.52. The maximum absolute atomic E-state index is 5.63. The summed E-state index contributed by atoms with van der Waals surface area (Å²) in [6.45, 7) is 5.20. The molecule has 0 amide bonds. The summed E-state index contributed by atoms with van der Waals surface area (Å²) in [5.74, 6) is 1.04. The number of anilines is 1. The maximum Gasteiger partial charge on any atom is 0.203 e. The van der Waals surface area contributed by atoms with Crippen molar-refractivity contribution >= 4 is 16.5 Å². The van der Waals surface area contributed by atoms with E-state index in [0.717, 1.165) is 43.2 Å². The molecular formula is C14H21N5OS. The molecule has 1 aliphatic heterocycles. The molecule has 3 N–H and O–H groups in total. The monoisotopic (exact) mass is 307 g/mol. The number of rotatable bonds is 5. The minimum absolute atomic E-state index is 0.210. The average Bonchev–Trinajstić information content (AvgIpc) is 3.12. The summed E-state index contributed by atoms with van der Waals surface area (Å²) in [6.07, 6.45) is 4.01. The van der Waals surface area contributed by atoms with E-state index in [0.29, 0.717) is 11.2 Å². The van der Waals surface area contributed by atoms with Gasteiger partial charge in [-0.05, 0) is 31.9 Å². The summed E-state index contributed by atoms with van der Waals surface area (Å²) in [6, 6.07) is 4.71. The predicted octanol–water partition coefficient (Wildman–Crippen LogP) is 2.03. The Labute approximate surface area is 128 Å². The van der Waals surface area contributed by atoms with Crippen LogP contribution in [-0.4, -0.2) is 34.2 Å². The van der Waals surface area contributed by atoms with Crippen LogP contribution in [0.4, 0.5) is 5.13 Å². The highest BCUT2D eigenvalue weighted by Crippen LogP contribution is 2.22. The summed E-state index contributed by atoms with van der Waals surface area (Å²) in [7, 11) is 0. The fraction of sp³-hybridized carbons (Fsp3) is 0.571. The van der Waals surface area contributed by atoms with Gasteiger partial charge in [-0.1, -0.05) is 11.3 Å². The summed E-state index contributed by atoms with van der Waals surface area (Å²) >= 11 is 1.46. The van der Waals surface area contributed by atoms with Gasteiger partial charge in [0.2, 0.25) is 5.13 Å². The van der Waals surface area contributed by atoms with Crippen LogP contribution in [0.15, 0.2) is 22.8 Å². The quantitative estimate of drug-likeness (QED) is 0.880. The Morgan fingerprint density at radius 1 is 1.48 bits per heavy atom. The van der Waals surface area contributed by atoms with Crippen LogP contribution in [-0.2, 0) is 6.54 Å². The first-order valence-corrected chi connectivity index (χ1v) is 8.12. The molecule has 1 aliphatic rings. The molecule has 0 saturated carbocycles. The molecule has 0 radical (unpaired) electrons. The van der Waals surface area contributed by atoms with Crippen LogP contribution in [0.2, 0.25) is 0 Å². The molecule has 0 aromatic carbocycles. The molecule has 3 heterocycles. The van der Waals surface area contributed by atoms with Crippen molar-refractivity contribution in [2.75, 3.05) is 18.8 Å². The van der Waals surface area contributed by atoms with Gasteiger partial charge in [0.05, 0.1) is 18.8 Å². The Hall–Kier alpha value is -1.44. The molecule has 114 valence electrons. The van der Waals surface area contributed by atoms with Crippen molar-refractivity contribution < 1.29 is 4.42 Å². The first kappa shape index (κ1) is 14.5. The number of nitrogens with one attached hydrogen (secondary N) is 1. The molecule has 0 bridgehead atoms. The molecule has 1 saturated heterocycles. The molecule has 1 fully saturated rings. The molecule has 0 spiro atoms. The molecule has 0 unspecified atom stereocenters. The first-order chi connectivity index (χ1) is 10.2. The van der Waals surface area contributed by atoms with Crippen molar-refractivity contribution in [2.24, 2.45) is 0 Å². The standard InChI is InChI=1S/C14H21N5OS/c1-10(13-17-18-14(15)21-13)16-11-4-6-19(7-5-11)9-12-3-2-8-20-12/h2-3,8,10-11,16H,4-7,9H2,1H3,(H2,15,18)/t10-/m0/s1. The Morgan fingerprint density at radius 3 is 2.90 bits per heavy atom. The third-order valence-electron chi connectivity index (χ3n) is 3.86. The Balaban J connectivity index is 1.45. The zero-order chi connectivity index (χ0) is 14.7. The molecule has 2 aromatic heterocycles. The zero-order valence-electron chi connectivity index (χ0n) is 12.2. The number of likely N-dealkylation sites (tertiary alicyclic amines) is 1. The summed E-state index contributed by atoms with van der Waals surface area (Å²) in [5, 5.41) is 13.1. The van der Waals surface area contributed by atoms with Crippen molar-refractivity contribution in [1.82, 2.24) is 20.4 Å². The van der Waals surface area contributed by atoms with Crippen molar-refractivity contribution in [2.45, 2.75) is 38.4 Å². The molecule has 2 aromatic rings. The second-order valence-electron chi connectivity index (χ2n) is 5.50. The van der Waals surface area contributed by atoms with E-state index in [-0.39, 0.29) is 6.04 Å². The van der Waals surface area contributed by atoms with Gasteiger partial charge >= 0.3 is 0 Å². The van der Waals surface area contributed by atoms with Crippen LogP contribution in [0.3, 0.4) is 0 Å². The van der Waals surface area contributed by atoms with Gasteiger partial charge in [-0.15, -0.1) is 10.2 Å². The largest absolute Gasteiger partial charge is 0.468 e. The van der Waals surface area contributed by atoms with Gasteiger partial charge in [0.15, 0.2) is 0 Å². The van der Waals surface area contributed by atoms with Crippen molar-refractivity contribution in [3.63, 3.8) is 0 Å². The van der Waals surface area contributed by atoms with Gasteiger partial charge in [-0.2, -0.15) is 0 Å². The Morgan fingerprint density at radius 2 is 2.29 bits per heavy atom. The lowest BCUT2D eigenvalue weighted by Gasteiger charge is -2.33. The minimum Gasteiger partial charge on any atom is -0.468 e. The first-order valence-electron chi connectivity index (χ1n) is 7.30. The van der Waals surface area contributed by atoms with Crippen molar-refractivity contribution in [3.8, 4) is 0 Å². The van der Waals surface area contributed by atoms with Gasteiger partial charge in [0, 0.05) is 19.1 Å². The van der Waals surface area contributed by atoms with Crippen LogP contribution in [0, 0.1) is 0 Å². The van der Waals surface area contributed by atoms with Crippen LogP contribution < -0.4 is 11.1 Å². The molecule has 0 aliphatic carbocycles. The Bertz CT molecular complexity index is 547. The van der Waals surface area contributed by atoms with Crippen molar-refractivity contribution in [3.05, 3.63) is 29.2 Å². The molecule has 6 nitrogen and oxygen atoms in total. The molecular weight excluding hydrogens is 286 g/mol. The van der Waals surface area contributed by atoms with Gasteiger partial charge < -0.3 is 15.5 Å². The number of piperidine rings is 1. The average molecular weight is 307 g/mol. The lowest BCUT2D eigenvalue weighted by molar-refractivity contribution is 0.174. The van der Waals surface area contributed by atoms with E-state index in [4.69, 9.17) is 10.2 Å². The third-order valence-corrected chi connectivity index (χ3v) is 4.79. The van der Waals surface area contributed by atoms with E-state index < -0.39 is 0 Å². The lowest BCUT2D eigenvalue weighted by atomic mass is 10.0. The SMILES string of the molecule is C[C@H](NC1CCN(Cc2ccco2)CC1)c1nnc(N)s1. The topological polar surface area (TPSA) is 80.2 Å². The van der Waals surface area contributed by atoms with E-state index in [1.165, 1.54) is 11.3 Å². The lowest BCUT2D eigenvalue weighted by Crippen LogP contribution is -2.42. The number of nitrogens with two attached hydrogens (primary N) is 1. The number of aromatic nitrogens is 2. The maximum atomic E-state index is 5.63. The second-order valence-corrected chi connectivity index (χ2v) is 6.54. The van der Waals surface area contributed by atoms with Gasteiger partial charge in [0.1, 0.15) is 10.8 Å². The van der Waals surface area contributed by atoms with Crippen LogP contribution >= 0.6 is 11.3 Å². The minimum atomic E-state index is 0.210. The molecule has 21 heavy (non-hydrogen) atoms. The number of furan rings is 1. The predicted molar refractivity (Wildman–Crippen MR) is 82.9 cm³/mol. The third kappa shape index (κ3) is 3.81. The number of hydrogen-bond acceptors (Lipinski definition) is 7. The number of nitrogen functional groups attached to an aromatic ring is 1. The second kappa shape index (κ2) is 6.55. The summed E-state index contributed by atoms with van der Waals surface area (Å²) in [4.78, 5) is 2.44. The van der Waals surface area contributed by atoms with Crippen LogP contribution in [0.1, 0.15) is 36.6 Å². The molecule has 7 heteroatoms. The van der Waals surface area contributed by atoms with E-state index in [1.54, 1.807) is 6.26 Å². The van der Waals surface area contributed by atoms with Crippen molar-refractivity contribution in [1.29, 1.82) is 0 Å². The summed E-state index contributed by atoms with van der Waals surface area (Å²) in [5.41, 5.74) is 5.63. The van der Waals surface area contributed by atoms with Gasteiger partial charge in [-0.3, -0.25) is 4.90 Å². The fourth-order valence-electron chi connectivity index (χ4n) is 2.73. The van der Waals surface area contributed by atoms with E-state index >= 15 is 0 Å². The number of hydrogen-bond donors (Lipinski definition) is 2. The molecule has 1 atom stereocenters. The highest BCUT2D eigenvalue weighted by Gasteiger charge is 2.22. The highest BCUT2D eigenvalue weighted by atomic mass is 32.1. The van der Waals surface area contributed by atoms with E-state index in [2.05, 4.69) is 27.3 Å². The zero-order valence-corrected chi connectivity index (χ0v) is 13.0. The highest BCUT2D eigenvalue weighted by molar-refractivity contribution is 7.15. The fourth-order valence-corrected chi connectivity index (χ4v) is 3.35. The van der Waals surface area contributed by atoms with E-state index in [9.17, 15) is 0 Å². The van der Waals surface area contributed by atoms with Gasteiger partial charge in [-0.25, -0.2) is 0 Å².